The SMILES string of the molecule is COc1ccc(NC(=O)C2CC2C(=O)Nc2cc(C)on2)cc1OC. The molecule has 1 aliphatic rings. The van der Waals surface area contributed by atoms with Crippen molar-refractivity contribution < 1.29 is 23.6 Å². The zero-order chi connectivity index (χ0) is 18.0. The van der Waals surface area contributed by atoms with Crippen molar-refractivity contribution in [3.05, 3.63) is 30.0 Å². The van der Waals surface area contributed by atoms with Crippen molar-refractivity contribution in [1.29, 1.82) is 0 Å². The van der Waals surface area contributed by atoms with E-state index in [4.69, 9.17) is 14.0 Å². The number of carbonyl (C=O) groups is 2. The maximum Gasteiger partial charge on any atom is 0.229 e. The van der Waals surface area contributed by atoms with Crippen molar-refractivity contribution in [1.82, 2.24) is 5.16 Å². The molecule has 132 valence electrons. The third kappa shape index (κ3) is 3.73. The number of aromatic nitrogens is 1. The average molecular weight is 345 g/mol. The molecule has 1 aliphatic carbocycles. The van der Waals surface area contributed by atoms with Gasteiger partial charge in [-0.3, -0.25) is 9.59 Å². The van der Waals surface area contributed by atoms with Crippen LogP contribution in [0.2, 0.25) is 0 Å². The molecule has 25 heavy (non-hydrogen) atoms. The summed E-state index contributed by atoms with van der Waals surface area (Å²) in [5.41, 5.74) is 0.584. The van der Waals surface area contributed by atoms with Crippen LogP contribution in [0.3, 0.4) is 0 Å². The topological polar surface area (TPSA) is 103 Å². The molecule has 2 aromatic rings. The van der Waals surface area contributed by atoms with Gasteiger partial charge in [-0.15, -0.1) is 0 Å². The van der Waals surface area contributed by atoms with E-state index in [1.54, 1.807) is 38.3 Å². The van der Waals surface area contributed by atoms with Gasteiger partial charge in [0.1, 0.15) is 5.76 Å². The zero-order valence-corrected chi connectivity index (χ0v) is 14.2. The van der Waals surface area contributed by atoms with E-state index in [1.165, 1.54) is 7.11 Å². The Hall–Kier alpha value is -3.03. The second-order valence-electron chi connectivity index (χ2n) is 5.82. The maximum atomic E-state index is 12.3. The highest BCUT2D eigenvalue weighted by Gasteiger charge is 2.48. The Labute approximate surface area is 144 Å². The lowest BCUT2D eigenvalue weighted by atomic mass is 10.2. The molecule has 1 aromatic carbocycles. The second-order valence-corrected chi connectivity index (χ2v) is 5.82. The third-order valence-electron chi connectivity index (χ3n) is 3.99. The van der Waals surface area contributed by atoms with E-state index >= 15 is 0 Å². The van der Waals surface area contributed by atoms with Gasteiger partial charge >= 0.3 is 0 Å². The van der Waals surface area contributed by atoms with E-state index in [0.29, 0.717) is 35.2 Å². The molecule has 2 atom stereocenters. The minimum Gasteiger partial charge on any atom is -0.493 e. The molecule has 1 aromatic heterocycles. The Morgan fingerprint density at radius 2 is 1.76 bits per heavy atom. The van der Waals surface area contributed by atoms with Crippen LogP contribution in [0.15, 0.2) is 28.8 Å². The summed E-state index contributed by atoms with van der Waals surface area (Å²) < 4.78 is 15.3. The van der Waals surface area contributed by atoms with E-state index in [2.05, 4.69) is 15.8 Å². The first-order valence-electron chi connectivity index (χ1n) is 7.79. The highest BCUT2D eigenvalue weighted by atomic mass is 16.5. The fourth-order valence-corrected chi connectivity index (χ4v) is 2.57. The molecule has 2 unspecified atom stereocenters. The summed E-state index contributed by atoms with van der Waals surface area (Å²) in [7, 11) is 3.07. The molecular weight excluding hydrogens is 326 g/mol. The van der Waals surface area contributed by atoms with E-state index in [9.17, 15) is 9.59 Å². The van der Waals surface area contributed by atoms with E-state index < -0.39 is 0 Å². The van der Waals surface area contributed by atoms with Crippen LogP contribution in [0.25, 0.3) is 0 Å². The van der Waals surface area contributed by atoms with Gasteiger partial charge in [-0.25, -0.2) is 0 Å². The minimum absolute atomic E-state index is 0.205. The third-order valence-corrected chi connectivity index (χ3v) is 3.99. The average Bonchev–Trinajstić information content (AvgIpc) is 3.31. The van der Waals surface area contributed by atoms with Crippen molar-refractivity contribution in [2.24, 2.45) is 11.8 Å². The van der Waals surface area contributed by atoms with Crippen molar-refractivity contribution in [3.63, 3.8) is 0 Å². The van der Waals surface area contributed by atoms with Gasteiger partial charge in [-0.1, -0.05) is 5.16 Å². The van der Waals surface area contributed by atoms with Crippen LogP contribution in [0.1, 0.15) is 12.2 Å². The number of hydrogen-bond donors (Lipinski definition) is 2. The van der Waals surface area contributed by atoms with Crippen LogP contribution in [-0.4, -0.2) is 31.2 Å². The Balaban J connectivity index is 1.57. The van der Waals surface area contributed by atoms with Crippen LogP contribution in [0, 0.1) is 18.8 Å². The molecule has 0 spiro atoms. The summed E-state index contributed by atoms with van der Waals surface area (Å²) in [6.45, 7) is 1.74. The molecule has 0 radical (unpaired) electrons. The normalized spacial score (nSPS) is 18.4. The van der Waals surface area contributed by atoms with E-state index in [1.807, 2.05) is 0 Å². The quantitative estimate of drug-likeness (QED) is 0.832. The molecule has 2 amide bonds. The first-order chi connectivity index (χ1) is 12.0. The molecule has 1 saturated carbocycles. The largest absolute Gasteiger partial charge is 0.493 e. The highest BCUT2D eigenvalue weighted by molar-refractivity contribution is 6.03. The number of nitrogens with one attached hydrogen (secondary N) is 2. The summed E-state index contributed by atoms with van der Waals surface area (Å²) in [5.74, 6) is 0.892. The smallest absolute Gasteiger partial charge is 0.229 e. The Kier molecular flexibility index (Phi) is 4.60. The number of nitrogens with zero attached hydrogens (tertiary/aromatic N) is 1. The Morgan fingerprint density at radius 3 is 2.36 bits per heavy atom. The first kappa shape index (κ1) is 16.8. The van der Waals surface area contributed by atoms with Crippen molar-refractivity contribution >= 4 is 23.3 Å². The molecule has 1 fully saturated rings. The molecule has 0 saturated heterocycles. The summed E-state index contributed by atoms with van der Waals surface area (Å²) in [5, 5.41) is 9.15. The predicted octanol–water partition coefficient (Wildman–Crippen LogP) is 2.21. The van der Waals surface area contributed by atoms with Crippen LogP contribution in [-0.2, 0) is 9.59 Å². The minimum atomic E-state index is -0.364. The standard InChI is InChI=1S/C17H19N3O5/c1-9-6-15(20-25-9)19-17(22)12-8-11(12)16(21)18-10-4-5-13(23-2)14(7-10)24-3/h4-7,11-12H,8H2,1-3H3,(H,18,21)(H,19,20,22). The summed E-state index contributed by atoms with van der Waals surface area (Å²) in [4.78, 5) is 24.4. The zero-order valence-electron chi connectivity index (χ0n) is 14.2. The molecular formula is C17H19N3O5. The Bertz CT molecular complexity index is 801. The summed E-state index contributed by atoms with van der Waals surface area (Å²) in [6.07, 6.45) is 0.502. The van der Waals surface area contributed by atoms with Crippen molar-refractivity contribution in [2.45, 2.75) is 13.3 Å². The number of methoxy groups -OCH3 is 2. The summed E-state index contributed by atoms with van der Waals surface area (Å²) in [6, 6.07) is 6.72. The van der Waals surface area contributed by atoms with Crippen LogP contribution < -0.4 is 20.1 Å². The molecule has 3 rings (SSSR count). The van der Waals surface area contributed by atoms with Crippen LogP contribution in [0.4, 0.5) is 11.5 Å². The van der Waals surface area contributed by atoms with Crippen molar-refractivity contribution in [2.75, 3.05) is 24.9 Å². The highest BCUT2D eigenvalue weighted by Crippen LogP contribution is 2.40. The van der Waals surface area contributed by atoms with Gasteiger partial charge in [0.25, 0.3) is 0 Å². The first-order valence-corrected chi connectivity index (χ1v) is 7.79. The van der Waals surface area contributed by atoms with Crippen molar-refractivity contribution in [3.8, 4) is 11.5 Å². The molecule has 0 bridgehead atoms. The Morgan fingerprint density at radius 1 is 1.08 bits per heavy atom. The van der Waals surface area contributed by atoms with Gasteiger partial charge in [0, 0.05) is 17.8 Å². The lowest BCUT2D eigenvalue weighted by Gasteiger charge is -2.10. The molecule has 0 aliphatic heterocycles. The number of anilines is 2. The fraction of sp³-hybridized carbons (Fsp3) is 0.353. The monoisotopic (exact) mass is 345 g/mol. The van der Waals surface area contributed by atoms with Crippen LogP contribution in [0.5, 0.6) is 11.5 Å². The van der Waals surface area contributed by atoms with Gasteiger partial charge in [0.05, 0.1) is 26.1 Å². The van der Waals surface area contributed by atoms with E-state index in [0.717, 1.165) is 0 Å². The van der Waals surface area contributed by atoms with Gasteiger partial charge in [0.2, 0.25) is 11.8 Å². The van der Waals surface area contributed by atoms with Crippen LogP contribution >= 0.6 is 0 Å². The molecule has 8 nitrogen and oxygen atoms in total. The predicted molar refractivity (Wildman–Crippen MR) is 89.6 cm³/mol. The summed E-state index contributed by atoms with van der Waals surface area (Å²) >= 11 is 0. The lowest BCUT2D eigenvalue weighted by molar-refractivity contribution is -0.122. The number of ether oxygens (including phenoxy) is 2. The van der Waals surface area contributed by atoms with E-state index in [-0.39, 0.29) is 23.7 Å². The lowest BCUT2D eigenvalue weighted by Crippen LogP contribution is -2.20. The van der Waals surface area contributed by atoms with Gasteiger partial charge in [0.15, 0.2) is 17.3 Å². The number of hydrogen-bond acceptors (Lipinski definition) is 6. The number of carbonyl (C=O) groups excluding carboxylic acids is 2. The number of aryl methyl sites for hydroxylation is 1. The number of rotatable bonds is 6. The van der Waals surface area contributed by atoms with Gasteiger partial charge in [-0.05, 0) is 25.5 Å². The van der Waals surface area contributed by atoms with Gasteiger partial charge < -0.3 is 24.6 Å². The molecule has 2 N–H and O–H groups in total. The van der Waals surface area contributed by atoms with Gasteiger partial charge in [-0.2, -0.15) is 0 Å². The second kappa shape index (κ2) is 6.84. The molecule has 1 heterocycles. The number of benzene rings is 1. The molecule has 8 heteroatoms. The maximum absolute atomic E-state index is 12.3. The fourth-order valence-electron chi connectivity index (χ4n) is 2.57. The number of amides is 2.